The van der Waals surface area contributed by atoms with E-state index in [2.05, 4.69) is 4.90 Å². The molecule has 2 rings (SSSR count). The molecule has 2 aromatic carbocycles. The first kappa shape index (κ1) is 15.5. The summed E-state index contributed by atoms with van der Waals surface area (Å²) in [5.74, 6) is 0.121. The van der Waals surface area contributed by atoms with Crippen LogP contribution in [-0.4, -0.2) is 31.2 Å². The Morgan fingerprint density at radius 2 is 1.81 bits per heavy atom. The van der Waals surface area contributed by atoms with Crippen LogP contribution in [0.3, 0.4) is 0 Å². The molecule has 0 aliphatic carbocycles. The lowest BCUT2D eigenvalue weighted by molar-refractivity contribution is 0.282. The van der Waals surface area contributed by atoms with Crippen LogP contribution >= 0.6 is 0 Å². The maximum Gasteiger partial charge on any atom is 0.129 e. The first-order chi connectivity index (χ1) is 10.0. The lowest BCUT2D eigenvalue weighted by atomic mass is 9.97. The van der Waals surface area contributed by atoms with Crippen LogP contribution in [0.25, 0.3) is 11.1 Å². The third-order valence-corrected chi connectivity index (χ3v) is 3.29. The fraction of sp³-hybridized carbons (Fsp3) is 0.294. The summed E-state index contributed by atoms with van der Waals surface area (Å²) in [6.45, 7) is 0.727. The highest BCUT2D eigenvalue weighted by atomic mass is 19.1. The topological polar surface area (TPSA) is 32.7 Å². The molecule has 112 valence electrons. The van der Waals surface area contributed by atoms with E-state index in [1.165, 1.54) is 19.2 Å². The second kappa shape index (κ2) is 6.70. The molecule has 0 atom stereocenters. The number of halogens is 1. The molecule has 21 heavy (non-hydrogen) atoms. The van der Waals surface area contributed by atoms with Gasteiger partial charge in [0.05, 0.1) is 13.7 Å². The van der Waals surface area contributed by atoms with Gasteiger partial charge in [-0.15, -0.1) is 0 Å². The molecule has 0 saturated heterocycles. The zero-order valence-corrected chi connectivity index (χ0v) is 12.6. The molecule has 0 aliphatic heterocycles. The Bertz CT molecular complexity index is 626. The molecule has 0 amide bonds. The van der Waals surface area contributed by atoms with E-state index < -0.39 is 0 Å². The number of aliphatic hydroxyl groups is 1. The van der Waals surface area contributed by atoms with Crippen molar-refractivity contribution in [3.05, 3.63) is 53.3 Å². The first-order valence-corrected chi connectivity index (χ1v) is 6.76. The minimum absolute atomic E-state index is 0.0723. The van der Waals surface area contributed by atoms with E-state index in [4.69, 9.17) is 4.74 Å². The van der Waals surface area contributed by atoms with E-state index in [0.29, 0.717) is 5.75 Å². The quantitative estimate of drug-likeness (QED) is 0.918. The van der Waals surface area contributed by atoms with Gasteiger partial charge in [0.1, 0.15) is 11.6 Å². The highest BCUT2D eigenvalue weighted by Gasteiger charge is 2.12. The van der Waals surface area contributed by atoms with Crippen molar-refractivity contribution in [2.24, 2.45) is 0 Å². The molecular formula is C17H20FNO2. The number of benzene rings is 2. The van der Waals surface area contributed by atoms with Gasteiger partial charge in [-0.05, 0) is 42.9 Å². The average molecular weight is 289 g/mol. The normalized spacial score (nSPS) is 11.0. The molecule has 2 aromatic rings. The Balaban J connectivity index is 2.48. The lowest BCUT2D eigenvalue weighted by Gasteiger charge is -2.15. The highest BCUT2D eigenvalue weighted by molar-refractivity contribution is 5.73. The van der Waals surface area contributed by atoms with E-state index >= 15 is 0 Å². The first-order valence-electron chi connectivity index (χ1n) is 6.76. The van der Waals surface area contributed by atoms with E-state index in [1.54, 1.807) is 6.07 Å². The summed E-state index contributed by atoms with van der Waals surface area (Å²) >= 11 is 0. The SMILES string of the molecule is COc1cc(F)ccc1-c1ccc(CN(C)C)cc1CO. The second-order valence-electron chi connectivity index (χ2n) is 5.23. The van der Waals surface area contributed by atoms with Crippen LogP contribution in [-0.2, 0) is 13.2 Å². The third-order valence-electron chi connectivity index (χ3n) is 3.29. The van der Waals surface area contributed by atoms with Crippen LogP contribution in [0.2, 0.25) is 0 Å². The Kier molecular flexibility index (Phi) is 4.94. The van der Waals surface area contributed by atoms with Crippen LogP contribution < -0.4 is 4.74 Å². The molecule has 0 fully saturated rings. The van der Waals surface area contributed by atoms with Crippen LogP contribution in [0.15, 0.2) is 36.4 Å². The smallest absolute Gasteiger partial charge is 0.129 e. The minimum atomic E-state index is -0.342. The van der Waals surface area contributed by atoms with Crippen LogP contribution in [0.1, 0.15) is 11.1 Å². The maximum atomic E-state index is 13.3. The number of nitrogens with zero attached hydrogens (tertiary/aromatic N) is 1. The standard InChI is InChI=1S/C17H20FNO2/c1-19(2)10-12-4-6-15(13(8-12)11-20)16-7-5-14(18)9-17(16)21-3/h4-9,20H,10-11H2,1-3H3. The summed E-state index contributed by atoms with van der Waals surface area (Å²) in [5.41, 5.74) is 3.56. The molecule has 0 heterocycles. The van der Waals surface area contributed by atoms with Crippen LogP contribution in [0.5, 0.6) is 5.75 Å². The van der Waals surface area contributed by atoms with Crippen molar-refractivity contribution < 1.29 is 14.2 Å². The van der Waals surface area contributed by atoms with Gasteiger partial charge in [0.2, 0.25) is 0 Å². The number of methoxy groups -OCH3 is 1. The van der Waals surface area contributed by atoms with Crippen molar-refractivity contribution in [2.45, 2.75) is 13.2 Å². The summed E-state index contributed by atoms with van der Waals surface area (Å²) in [7, 11) is 5.50. The van der Waals surface area contributed by atoms with Gasteiger partial charge in [0.15, 0.2) is 0 Å². The fourth-order valence-electron chi connectivity index (χ4n) is 2.39. The second-order valence-corrected chi connectivity index (χ2v) is 5.23. The molecule has 4 heteroatoms. The Labute approximate surface area is 124 Å². The highest BCUT2D eigenvalue weighted by Crippen LogP contribution is 2.33. The molecule has 0 unspecified atom stereocenters. The van der Waals surface area contributed by atoms with Gasteiger partial charge in [0, 0.05) is 18.2 Å². The van der Waals surface area contributed by atoms with Crippen molar-refractivity contribution in [3.63, 3.8) is 0 Å². The molecule has 0 saturated carbocycles. The summed E-state index contributed by atoms with van der Waals surface area (Å²) in [4.78, 5) is 2.06. The van der Waals surface area contributed by atoms with Gasteiger partial charge in [0.25, 0.3) is 0 Å². The fourth-order valence-corrected chi connectivity index (χ4v) is 2.39. The summed E-state index contributed by atoms with van der Waals surface area (Å²) < 4.78 is 18.5. The molecule has 0 radical (unpaired) electrons. The van der Waals surface area contributed by atoms with Crippen LogP contribution in [0.4, 0.5) is 4.39 Å². The number of hydrogen-bond acceptors (Lipinski definition) is 3. The number of rotatable bonds is 5. The predicted molar refractivity (Wildman–Crippen MR) is 81.7 cm³/mol. The van der Waals surface area contributed by atoms with Gasteiger partial charge in [-0.3, -0.25) is 0 Å². The Morgan fingerprint density at radius 3 is 2.43 bits per heavy atom. The van der Waals surface area contributed by atoms with E-state index in [0.717, 1.165) is 28.8 Å². The average Bonchev–Trinajstić information content (AvgIpc) is 2.46. The monoisotopic (exact) mass is 289 g/mol. The van der Waals surface area contributed by atoms with Gasteiger partial charge in [-0.1, -0.05) is 18.2 Å². The summed E-state index contributed by atoms with van der Waals surface area (Å²) in [6.07, 6.45) is 0. The van der Waals surface area contributed by atoms with Gasteiger partial charge < -0.3 is 14.7 Å². The van der Waals surface area contributed by atoms with Gasteiger partial charge in [-0.25, -0.2) is 4.39 Å². The van der Waals surface area contributed by atoms with Crippen LogP contribution in [0, 0.1) is 5.82 Å². The molecule has 0 aliphatic rings. The van der Waals surface area contributed by atoms with Crippen molar-refractivity contribution in [2.75, 3.05) is 21.2 Å². The molecular weight excluding hydrogens is 269 g/mol. The zero-order valence-electron chi connectivity index (χ0n) is 12.6. The summed E-state index contributed by atoms with van der Waals surface area (Å²) in [5, 5.41) is 9.63. The van der Waals surface area contributed by atoms with E-state index in [1.807, 2.05) is 32.3 Å². The zero-order chi connectivity index (χ0) is 15.4. The number of aliphatic hydroxyl groups excluding tert-OH is 1. The van der Waals surface area contributed by atoms with E-state index in [9.17, 15) is 9.50 Å². The van der Waals surface area contributed by atoms with Crippen molar-refractivity contribution >= 4 is 0 Å². The van der Waals surface area contributed by atoms with Gasteiger partial charge >= 0.3 is 0 Å². The summed E-state index contributed by atoms with van der Waals surface area (Å²) in [6, 6.07) is 10.3. The molecule has 0 aromatic heterocycles. The van der Waals surface area contributed by atoms with Crippen molar-refractivity contribution in [1.29, 1.82) is 0 Å². The van der Waals surface area contributed by atoms with Gasteiger partial charge in [-0.2, -0.15) is 0 Å². The maximum absolute atomic E-state index is 13.3. The molecule has 3 nitrogen and oxygen atoms in total. The number of ether oxygens (including phenoxy) is 1. The lowest BCUT2D eigenvalue weighted by Crippen LogP contribution is -2.11. The van der Waals surface area contributed by atoms with Crippen molar-refractivity contribution in [1.82, 2.24) is 4.90 Å². The third kappa shape index (κ3) is 3.60. The largest absolute Gasteiger partial charge is 0.496 e. The van der Waals surface area contributed by atoms with E-state index in [-0.39, 0.29) is 12.4 Å². The molecule has 0 bridgehead atoms. The Morgan fingerprint density at radius 1 is 1.10 bits per heavy atom. The minimum Gasteiger partial charge on any atom is -0.496 e. The molecule has 1 N–H and O–H groups in total. The van der Waals surface area contributed by atoms with Crippen molar-refractivity contribution in [3.8, 4) is 16.9 Å². The number of hydrogen-bond donors (Lipinski definition) is 1. The predicted octanol–water partition coefficient (Wildman–Crippen LogP) is 3.06. The Hall–Kier alpha value is -1.91. The molecule has 0 spiro atoms.